The van der Waals surface area contributed by atoms with Crippen molar-refractivity contribution in [2.45, 2.75) is 13.5 Å². The lowest BCUT2D eigenvalue weighted by atomic mass is 10.1. The highest BCUT2D eigenvalue weighted by Crippen LogP contribution is 2.36. The van der Waals surface area contributed by atoms with Crippen molar-refractivity contribution in [3.63, 3.8) is 0 Å². The Balaban J connectivity index is 2.28. The highest BCUT2D eigenvalue weighted by Gasteiger charge is 2.16. The molecule has 0 unspecified atom stereocenters. The average molecular weight is 351 g/mol. The van der Waals surface area contributed by atoms with Gasteiger partial charge in [-0.05, 0) is 59.2 Å². The Morgan fingerprint density at radius 2 is 2.10 bits per heavy atom. The zero-order valence-electron chi connectivity index (χ0n) is 11.7. The van der Waals surface area contributed by atoms with E-state index in [2.05, 4.69) is 21.2 Å². The third-order valence-electron chi connectivity index (χ3n) is 3.05. The van der Waals surface area contributed by atoms with E-state index >= 15 is 0 Å². The Bertz CT molecular complexity index is 674. The first-order valence-corrected chi connectivity index (χ1v) is 7.17. The van der Waals surface area contributed by atoms with E-state index < -0.39 is 4.92 Å². The van der Waals surface area contributed by atoms with Gasteiger partial charge >= 0.3 is 0 Å². The molecule has 0 atom stereocenters. The summed E-state index contributed by atoms with van der Waals surface area (Å²) in [6.07, 6.45) is 0. The number of hydrogen-bond donors (Lipinski definition) is 1. The summed E-state index contributed by atoms with van der Waals surface area (Å²) in [5, 5.41) is 14.0. The lowest BCUT2D eigenvalue weighted by Crippen LogP contribution is -2.06. The SMILES string of the molecule is CNCc1ccc(Oc2cccc([N+](=O)[O-])c2Br)cc1C. The molecule has 0 heterocycles. The van der Waals surface area contributed by atoms with Crippen LogP contribution in [0.5, 0.6) is 11.5 Å². The van der Waals surface area contributed by atoms with Gasteiger partial charge in [-0.1, -0.05) is 12.1 Å². The Morgan fingerprint density at radius 1 is 1.33 bits per heavy atom. The van der Waals surface area contributed by atoms with E-state index in [9.17, 15) is 10.1 Å². The topological polar surface area (TPSA) is 64.4 Å². The Kier molecular flexibility index (Phi) is 4.93. The molecule has 21 heavy (non-hydrogen) atoms. The summed E-state index contributed by atoms with van der Waals surface area (Å²) in [6, 6.07) is 10.5. The predicted octanol–water partition coefficient (Wildman–Crippen LogP) is 4.18. The minimum Gasteiger partial charge on any atom is -0.456 e. The van der Waals surface area contributed by atoms with E-state index in [1.807, 2.05) is 32.2 Å². The third-order valence-corrected chi connectivity index (χ3v) is 3.85. The fourth-order valence-corrected chi connectivity index (χ4v) is 2.46. The second-order valence-electron chi connectivity index (χ2n) is 4.57. The van der Waals surface area contributed by atoms with Crippen molar-refractivity contribution in [1.82, 2.24) is 5.32 Å². The molecule has 0 fully saturated rings. The van der Waals surface area contributed by atoms with Crippen LogP contribution in [0.4, 0.5) is 5.69 Å². The molecule has 6 heteroatoms. The molecule has 0 aromatic heterocycles. The maximum Gasteiger partial charge on any atom is 0.287 e. The van der Waals surface area contributed by atoms with Crippen LogP contribution >= 0.6 is 15.9 Å². The van der Waals surface area contributed by atoms with Crippen molar-refractivity contribution < 1.29 is 9.66 Å². The maximum atomic E-state index is 10.9. The summed E-state index contributed by atoms with van der Waals surface area (Å²) in [7, 11) is 1.89. The van der Waals surface area contributed by atoms with Crippen LogP contribution in [0.2, 0.25) is 0 Å². The molecule has 0 saturated carbocycles. The number of nitro groups is 1. The van der Waals surface area contributed by atoms with Crippen LogP contribution in [-0.4, -0.2) is 12.0 Å². The molecular formula is C15H15BrN2O3. The smallest absolute Gasteiger partial charge is 0.287 e. The fourth-order valence-electron chi connectivity index (χ4n) is 1.97. The number of aryl methyl sites for hydroxylation is 1. The Labute approximate surface area is 131 Å². The molecule has 0 amide bonds. The molecule has 0 aliphatic heterocycles. The zero-order valence-corrected chi connectivity index (χ0v) is 13.3. The number of hydrogen-bond acceptors (Lipinski definition) is 4. The molecule has 0 spiro atoms. The number of halogens is 1. The summed E-state index contributed by atoms with van der Waals surface area (Å²) in [5.41, 5.74) is 2.27. The molecule has 2 aromatic carbocycles. The second kappa shape index (κ2) is 6.69. The normalized spacial score (nSPS) is 10.4. The van der Waals surface area contributed by atoms with Crippen LogP contribution in [-0.2, 0) is 6.54 Å². The summed E-state index contributed by atoms with van der Waals surface area (Å²) >= 11 is 3.22. The summed E-state index contributed by atoms with van der Waals surface area (Å²) in [5.74, 6) is 1.07. The van der Waals surface area contributed by atoms with Gasteiger partial charge in [-0.15, -0.1) is 0 Å². The number of benzene rings is 2. The molecule has 0 saturated heterocycles. The van der Waals surface area contributed by atoms with Gasteiger partial charge in [0.15, 0.2) is 0 Å². The molecule has 110 valence electrons. The number of nitrogens with one attached hydrogen (secondary N) is 1. The van der Waals surface area contributed by atoms with Crippen LogP contribution in [0.1, 0.15) is 11.1 Å². The van der Waals surface area contributed by atoms with Crippen molar-refractivity contribution in [1.29, 1.82) is 0 Å². The predicted molar refractivity (Wildman–Crippen MR) is 84.8 cm³/mol. The molecule has 2 rings (SSSR count). The first kappa shape index (κ1) is 15.5. The number of rotatable bonds is 5. The maximum absolute atomic E-state index is 10.9. The highest BCUT2D eigenvalue weighted by molar-refractivity contribution is 9.10. The Hall–Kier alpha value is -1.92. The van der Waals surface area contributed by atoms with Gasteiger partial charge in [0.05, 0.1) is 4.92 Å². The standard InChI is InChI=1S/C15H15BrN2O3/c1-10-8-12(7-6-11(10)9-17-2)21-14-5-3-4-13(15(14)16)18(19)20/h3-8,17H,9H2,1-2H3. The minimum atomic E-state index is -0.446. The van der Waals surface area contributed by atoms with E-state index in [0.29, 0.717) is 16.0 Å². The van der Waals surface area contributed by atoms with Gasteiger partial charge in [-0.25, -0.2) is 0 Å². The molecule has 0 bridgehead atoms. The van der Waals surface area contributed by atoms with Crippen molar-refractivity contribution in [3.05, 3.63) is 62.1 Å². The molecule has 1 N–H and O–H groups in total. The van der Waals surface area contributed by atoms with Gasteiger partial charge in [-0.3, -0.25) is 10.1 Å². The average Bonchev–Trinajstić information content (AvgIpc) is 2.44. The lowest BCUT2D eigenvalue weighted by molar-refractivity contribution is -0.385. The van der Waals surface area contributed by atoms with Gasteiger partial charge in [-0.2, -0.15) is 0 Å². The van der Waals surface area contributed by atoms with E-state index in [1.54, 1.807) is 12.1 Å². The number of ether oxygens (including phenoxy) is 1. The van der Waals surface area contributed by atoms with Gasteiger partial charge in [0.2, 0.25) is 0 Å². The summed E-state index contributed by atoms with van der Waals surface area (Å²) in [6.45, 7) is 2.79. The third kappa shape index (κ3) is 3.59. The van der Waals surface area contributed by atoms with Crippen LogP contribution in [0.25, 0.3) is 0 Å². The molecule has 5 nitrogen and oxygen atoms in total. The highest BCUT2D eigenvalue weighted by atomic mass is 79.9. The van der Waals surface area contributed by atoms with Crippen LogP contribution < -0.4 is 10.1 Å². The molecule has 2 aromatic rings. The molecule has 0 aliphatic carbocycles. The van der Waals surface area contributed by atoms with Gasteiger partial charge in [0, 0.05) is 12.6 Å². The summed E-state index contributed by atoms with van der Waals surface area (Å²) < 4.78 is 6.08. The van der Waals surface area contributed by atoms with E-state index in [4.69, 9.17) is 4.74 Å². The van der Waals surface area contributed by atoms with Crippen LogP contribution in [0.15, 0.2) is 40.9 Å². The monoisotopic (exact) mass is 350 g/mol. The van der Waals surface area contributed by atoms with Gasteiger partial charge in [0.25, 0.3) is 5.69 Å². The van der Waals surface area contributed by atoms with Crippen molar-refractivity contribution in [2.75, 3.05) is 7.05 Å². The van der Waals surface area contributed by atoms with Crippen LogP contribution in [0, 0.1) is 17.0 Å². The Morgan fingerprint density at radius 3 is 2.71 bits per heavy atom. The second-order valence-corrected chi connectivity index (χ2v) is 5.36. The first-order valence-electron chi connectivity index (χ1n) is 6.38. The number of nitrogens with zero attached hydrogens (tertiary/aromatic N) is 1. The lowest BCUT2D eigenvalue weighted by Gasteiger charge is -2.11. The van der Waals surface area contributed by atoms with E-state index in [0.717, 1.165) is 12.1 Å². The van der Waals surface area contributed by atoms with E-state index in [1.165, 1.54) is 11.6 Å². The fraction of sp³-hybridized carbons (Fsp3) is 0.200. The van der Waals surface area contributed by atoms with Crippen LogP contribution in [0.3, 0.4) is 0 Å². The van der Waals surface area contributed by atoms with Crippen molar-refractivity contribution >= 4 is 21.6 Å². The van der Waals surface area contributed by atoms with E-state index in [-0.39, 0.29) is 5.69 Å². The minimum absolute atomic E-state index is 0.0176. The molecule has 0 radical (unpaired) electrons. The van der Waals surface area contributed by atoms with Crippen molar-refractivity contribution in [3.8, 4) is 11.5 Å². The van der Waals surface area contributed by atoms with Gasteiger partial charge in [0.1, 0.15) is 16.0 Å². The quantitative estimate of drug-likeness (QED) is 0.648. The van der Waals surface area contributed by atoms with Gasteiger partial charge < -0.3 is 10.1 Å². The first-order chi connectivity index (χ1) is 10.0. The molecular weight excluding hydrogens is 336 g/mol. The number of nitro benzene ring substituents is 1. The largest absolute Gasteiger partial charge is 0.456 e. The zero-order chi connectivity index (χ0) is 15.4. The molecule has 0 aliphatic rings. The summed E-state index contributed by atoms with van der Waals surface area (Å²) in [4.78, 5) is 10.5. The van der Waals surface area contributed by atoms with Crippen molar-refractivity contribution in [2.24, 2.45) is 0 Å².